The molecule has 1 saturated heterocycles. The summed E-state index contributed by atoms with van der Waals surface area (Å²) in [7, 11) is 0. The number of oxime groups is 1. The van der Waals surface area contributed by atoms with Crippen LogP contribution in [0.5, 0.6) is 0 Å². The van der Waals surface area contributed by atoms with E-state index in [0.717, 1.165) is 43.2 Å². The molecule has 0 saturated carbocycles. The Morgan fingerprint density at radius 3 is 2.76 bits per heavy atom. The van der Waals surface area contributed by atoms with Crippen LogP contribution in [0.15, 0.2) is 62.9 Å². The molecule has 6 nitrogen and oxygen atoms in total. The molecule has 2 aliphatic rings. The molecular weight excluding hydrogens is 366 g/mol. The van der Waals surface area contributed by atoms with Gasteiger partial charge in [0.2, 0.25) is 0 Å². The third kappa shape index (κ3) is 4.12. The van der Waals surface area contributed by atoms with Crippen LogP contribution in [-0.2, 0) is 11.3 Å². The number of likely N-dealkylation sites (tertiary alicyclic amines) is 1. The molecule has 1 fully saturated rings. The van der Waals surface area contributed by atoms with E-state index >= 15 is 0 Å². The molecular formula is C23H25N3O3. The van der Waals surface area contributed by atoms with Crippen LogP contribution in [0.25, 0.3) is 11.1 Å². The van der Waals surface area contributed by atoms with Crippen molar-refractivity contribution < 1.29 is 9.25 Å². The van der Waals surface area contributed by atoms with Gasteiger partial charge in [-0.25, -0.2) is 4.79 Å². The van der Waals surface area contributed by atoms with Crippen molar-refractivity contribution in [2.24, 2.45) is 11.1 Å². The minimum Gasteiger partial charge on any atom is -0.408 e. The van der Waals surface area contributed by atoms with Crippen molar-refractivity contribution in [3.63, 3.8) is 0 Å². The van der Waals surface area contributed by atoms with E-state index in [0.29, 0.717) is 11.1 Å². The lowest BCUT2D eigenvalue weighted by atomic mass is 9.90. The molecule has 0 bridgehead atoms. The van der Waals surface area contributed by atoms with Crippen LogP contribution in [0.1, 0.15) is 30.4 Å². The van der Waals surface area contributed by atoms with Gasteiger partial charge in [0, 0.05) is 18.5 Å². The van der Waals surface area contributed by atoms with Gasteiger partial charge in [0.05, 0.1) is 11.2 Å². The Hall–Kier alpha value is -2.86. The largest absolute Gasteiger partial charge is 0.417 e. The van der Waals surface area contributed by atoms with Crippen molar-refractivity contribution in [2.75, 3.05) is 19.6 Å². The molecule has 0 amide bonds. The SMILES string of the molecule is O=c1[nH]c2ccc(C3=NOC(CN4CCC(Cc5ccccc5)CC4)C3)cc2o1. The summed E-state index contributed by atoms with van der Waals surface area (Å²) in [6.45, 7) is 3.15. The molecule has 29 heavy (non-hydrogen) atoms. The minimum atomic E-state index is -0.435. The number of nitrogens with zero attached hydrogens (tertiary/aromatic N) is 2. The van der Waals surface area contributed by atoms with Gasteiger partial charge in [0.25, 0.3) is 0 Å². The third-order valence-electron chi connectivity index (χ3n) is 6.02. The number of hydrogen-bond donors (Lipinski definition) is 1. The zero-order chi connectivity index (χ0) is 19.6. The molecule has 2 aromatic carbocycles. The number of nitrogens with one attached hydrogen (secondary N) is 1. The van der Waals surface area contributed by atoms with Crippen LogP contribution < -0.4 is 5.76 Å². The molecule has 0 spiro atoms. The maximum atomic E-state index is 11.3. The molecule has 6 heteroatoms. The van der Waals surface area contributed by atoms with Crippen molar-refractivity contribution in [1.82, 2.24) is 9.88 Å². The Morgan fingerprint density at radius 2 is 1.93 bits per heavy atom. The van der Waals surface area contributed by atoms with Crippen LogP contribution in [-0.4, -0.2) is 41.3 Å². The normalized spacial score (nSPS) is 20.7. The quantitative estimate of drug-likeness (QED) is 0.722. The number of rotatable bonds is 5. The minimum absolute atomic E-state index is 0.0876. The molecule has 150 valence electrons. The molecule has 1 unspecified atom stereocenters. The Kier molecular flexibility index (Phi) is 4.94. The lowest BCUT2D eigenvalue weighted by Gasteiger charge is -2.33. The number of piperidine rings is 1. The van der Waals surface area contributed by atoms with Crippen LogP contribution in [0, 0.1) is 5.92 Å². The van der Waals surface area contributed by atoms with Gasteiger partial charge in [-0.2, -0.15) is 0 Å². The Morgan fingerprint density at radius 1 is 1.10 bits per heavy atom. The monoisotopic (exact) mass is 391 g/mol. The van der Waals surface area contributed by atoms with Crippen LogP contribution in [0.2, 0.25) is 0 Å². The highest BCUT2D eigenvalue weighted by Gasteiger charge is 2.27. The van der Waals surface area contributed by atoms with Gasteiger partial charge >= 0.3 is 5.76 Å². The molecule has 1 aromatic heterocycles. The molecule has 3 aromatic rings. The first-order chi connectivity index (χ1) is 14.2. The molecule has 3 heterocycles. The van der Waals surface area contributed by atoms with E-state index in [2.05, 4.69) is 45.4 Å². The smallest absolute Gasteiger partial charge is 0.408 e. The summed E-state index contributed by atoms with van der Waals surface area (Å²) in [5, 5.41) is 4.30. The molecule has 1 atom stereocenters. The number of fused-ring (bicyclic) bond motifs is 1. The first kappa shape index (κ1) is 18.2. The van der Waals surface area contributed by atoms with E-state index in [1.807, 2.05) is 18.2 Å². The molecule has 5 rings (SSSR count). The van der Waals surface area contributed by atoms with Crippen LogP contribution in [0.4, 0.5) is 0 Å². The molecule has 1 N–H and O–H groups in total. The number of aromatic nitrogens is 1. The van der Waals surface area contributed by atoms with Crippen molar-refractivity contribution in [1.29, 1.82) is 0 Å². The fraction of sp³-hybridized carbons (Fsp3) is 0.391. The summed E-state index contributed by atoms with van der Waals surface area (Å²) in [4.78, 5) is 22.2. The van der Waals surface area contributed by atoms with Gasteiger partial charge in [-0.05, 0) is 56.0 Å². The first-order valence-electron chi connectivity index (χ1n) is 10.4. The summed E-state index contributed by atoms with van der Waals surface area (Å²) in [5.74, 6) is 0.336. The van der Waals surface area contributed by atoms with E-state index in [4.69, 9.17) is 9.25 Å². The van der Waals surface area contributed by atoms with E-state index < -0.39 is 5.76 Å². The number of aromatic amines is 1. The number of oxazole rings is 1. The van der Waals surface area contributed by atoms with Gasteiger partial charge in [0.1, 0.15) is 6.10 Å². The topological polar surface area (TPSA) is 70.8 Å². The summed E-state index contributed by atoms with van der Waals surface area (Å²) < 4.78 is 5.15. The van der Waals surface area contributed by atoms with Gasteiger partial charge in [-0.3, -0.25) is 9.88 Å². The summed E-state index contributed by atoms with van der Waals surface area (Å²) >= 11 is 0. The summed E-state index contributed by atoms with van der Waals surface area (Å²) in [6, 6.07) is 16.4. The van der Waals surface area contributed by atoms with Crippen LogP contribution in [0.3, 0.4) is 0 Å². The number of H-pyrrole nitrogens is 1. The van der Waals surface area contributed by atoms with Crippen molar-refractivity contribution >= 4 is 16.8 Å². The van der Waals surface area contributed by atoms with Gasteiger partial charge < -0.3 is 9.25 Å². The zero-order valence-electron chi connectivity index (χ0n) is 16.3. The zero-order valence-corrected chi connectivity index (χ0v) is 16.3. The third-order valence-corrected chi connectivity index (χ3v) is 6.02. The van der Waals surface area contributed by atoms with Gasteiger partial charge in [-0.15, -0.1) is 0 Å². The van der Waals surface area contributed by atoms with Crippen LogP contribution >= 0.6 is 0 Å². The second-order valence-corrected chi connectivity index (χ2v) is 8.13. The lowest BCUT2D eigenvalue weighted by molar-refractivity contribution is 0.0419. The Balaban J connectivity index is 1.13. The molecule has 0 radical (unpaired) electrons. The van der Waals surface area contributed by atoms with E-state index in [1.54, 1.807) is 0 Å². The van der Waals surface area contributed by atoms with E-state index in [-0.39, 0.29) is 6.10 Å². The van der Waals surface area contributed by atoms with Gasteiger partial charge in [0.15, 0.2) is 5.58 Å². The predicted octanol–water partition coefficient (Wildman–Crippen LogP) is 3.57. The van der Waals surface area contributed by atoms with Crippen molar-refractivity contribution in [3.05, 3.63) is 70.2 Å². The maximum Gasteiger partial charge on any atom is 0.417 e. The average molecular weight is 391 g/mol. The Labute approximate surface area is 169 Å². The second kappa shape index (κ2) is 7.87. The van der Waals surface area contributed by atoms with E-state index in [1.165, 1.54) is 24.8 Å². The highest BCUT2D eigenvalue weighted by molar-refractivity contribution is 6.03. The van der Waals surface area contributed by atoms with Crippen molar-refractivity contribution in [2.45, 2.75) is 31.8 Å². The number of benzene rings is 2. The average Bonchev–Trinajstić information content (AvgIpc) is 3.35. The molecule has 0 aliphatic carbocycles. The fourth-order valence-corrected chi connectivity index (χ4v) is 4.43. The van der Waals surface area contributed by atoms with Crippen molar-refractivity contribution in [3.8, 4) is 0 Å². The first-order valence-corrected chi connectivity index (χ1v) is 10.4. The number of hydrogen-bond acceptors (Lipinski definition) is 5. The maximum absolute atomic E-state index is 11.3. The van der Waals surface area contributed by atoms with E-state index in [9.17, 15) is 4.79 Å². The second-order valence-electron chi connectivity index (χ2n) is 8.13. The highest BCUT2D eigenvalue weighted by Crippen LogP contribution is 2.24. The lowest BCUT2D eigenvalue weighted by Crippen LogP contribution is -2.39. The highest BCUT2D eigenvalue weighted by atomic mass is 16.6. The predicted molar refractivity (Wildman–Crippen MR) is 112 cm³/mol. The fourth-order valence-electron chi connectivity index (χ4n) is 4.43. The summed E-state index contributed by atoms with van der Waals surface area (Å²) in [5.41, 5.74) is 4.56. The molecule has 2 aliphatic heterocycles. The summed E-state index contributed by atoms with van der Waals surface area (Å²) in [6.07, 6.45) is 4.52. The van der Waals surface area contributed by atoms with Gasteiger partial charge in [-0.1, -0.05) is 41.6 Å². The Bertz CT molecular complexity index is 1060. The standard InChI is InChI=1S/C23H25N3O3/c27-23-24-20-7-6-18(13-22(20)28-23)21-14-19(29-25-21)15-26-10-8-17(9-11-26)12-16-4-2-1-3-5-16/h1-7,13,17,19H,8-12,14-15H2,(H,24,27).